The molecule has 0 atom stereocenters. The maximum atomic E-state index is 12.0. The van der Waals surface area contributed by atoms with Crippen molar-refractivity contribution in [3.8, 4) is 58.9 Å². The molecule has 0 spiro atoms. The number of anilines is 3. The molecule has 83 heavy (non-hydrogen) atoms. The molecule has 5 aromatic heterocycles. The standard InChI is InChI=1S/C72H62N4O4S3/c1-3-5-7-9-19-48-43-64(81-69(48)66-44-49(20-10-8-6-4-2)70(83-66)71-68-67(79-41-42-80-68)65(82-71)45-50(46-73)72(77)78)47-29-31-51(32-30-47)74(52-33-37-54(38-34-52)75-60-25-15-11-21-56(60)57-22-12-16-26-61(57)75)53-35-39-55(40-36-53)76-62-27-17-13-23-58(62)59-24-14-18-28-63(59)76/h11-18,21-40,43-45H,3-10,19-20,41-42H2,1-2H3,(H,77,78)/b50-45+. The van der Waals surface area contributed by atoms with Crippen molar-refractivity contribution in [2.24, 2.45) is 0 Å². The Balaban J connectivity index is 0.890. The van der Waals surface area contributed by atoms with Gasteiger partial charge in [0.1, 0.15) is 24.9 Å². The van der Waals surface area contributed by atoms with E-state index in [4.69, 9.17) is 9.47 Å². The van der Waals surface area contributed by atoms with Crippen LogP contribution < -0.4 is 14.4 Å². The Hall–Kier alpha value is -8.66. The molecule has 1 N–H and O–H groups in total. The van der Waals surface area contributed by atoms with Gasteiger partial charge in [0.05, 0.1) is 36.7 Å². The molecule has 0 radical (unpaired) electrons. The molecule has 0 bridgehead atoms. The number of aromatic nitrogens is 2. The van der Waals surface area contributed by atoms with Crippen LogP contribution in [0.25, 0.3) is 91.0 Å². The lowest BCUT2D eigenvalue weighted by molar-refractivity contribution is -0.132. The number of aliphatic carboxylic acids is 1. The molecule has 0 fully saturated rings. The molecule has 1 aliphatic heterocycles. The van der Waals surface area contributed by atoms with Crippen LogP contribution in [-0.2, 0) is 17.6 Å². The summed E-state index contributed by atoms with van der Waals surface area (Å²) in [6, 6.07) is 68.4. The fourth-order valence-corrected chi connectivity index (χ4v) is 15.8. The van der Waals surface area contributed by atoms with Crippen LogP contribution in [0.2, 0.25) is 0 Å². The Kier molecular flexibility index (Phi) is 15.3. The molecular weight excluding hydrogens is 1080 g/mol. The van der Waals surface area contributed by atoms with Gasteiger partial charge in [-0.2, -0.15) is 5.26 Å². The number of ether oxygens (including phenoxy) is 2. The van der Waals surface area contributed by atoms with Crippen molar-refractivity contribution >= 4 is 107 Å². The van der Waals surface area contributed by atoms with E-state index in [1.165, 1.54) is 118 Å². The number of thiophene rings is 3. The summed E-state index contributed by atoms with van der Waals surface area (Å²) in [6.07, 6.45) is 12.5. The van der Waals surface area contributed by atoms with Crippen molar-refractivity contribution < 1.29 is 19.4 Å². The molecule has 6 heterocycles. The van der Waals surface area contributed by atoms with Crippen molar-refractivity contribution in [1.82, 2.24) is 9.13 Å². The van der Waals surface area contributed by atoms with Gasteiger partial charge in [-0.25, -0.2) is 4.79 Å². The number of hydrogen-bond donors (Lipinski definition) is 1. The lowest BCUT2D eigenvalue weighted by Crippen LogP contribution is -2.15. The van der Waals surface area contributed by atoms with E-state index in [1.54, 1.807) is 11.3 Å². The van der Waals surface area contributed by atoms with Gasteiger partial charge >= 0.3 is 5.97 Å². The number of unbranched alkanes of at least 4 members (excludes halogenated alkanes) is 6. The van der Waals surface area contributed by atoms with Crippen LogP contribution in [0.15, 0.2) is 188 Å². The average Bonchev–Trinajstić information content (AvgIpc) is 3.96. The predicted molar refractivity (Wildman–Crippen MR) is 348 cm³/mol. The van der Waals surface area contributed by atoms with Crippen LogP contribution in [0.5, 0.6) is 11.5 Å². The fraction of sp³-hybridized carbons (Fsp3) is 0.194. The molecule has 412 valence electrons. The van der Waals surface area contributed by atoms with Crippen molar-refractivity contribution in [3.63, 3.8) is 0 Å². The maximum Gasteiger partial charge on any atom is 0.346 e. The quantitative estimate of drug-likeness (QED) is 0.0464. The lowest BCUT2D eigenvalue weighted by Gasteiger charge is -2.26. The molecule has 1 aliphatic rings. The van der Waals surface area contributed by atoms with Gasteiger partial charge in [0.2, 0.25) is 0 Å². The number of carboxylic acid groups (broad SMARTS) is 1. The van der Waals surface area contributed by atoms with E-state index in [-0.39, 0.29) is 5.57 Å². The van der Waals surface area contributed by atoms with E-state index in [0.29, 0.717) is 29.6 Å². The average molecular weight is 1140 g/mol. The number of carboxylic acids is 1. The number of rotatable bonds is 20. The SMILES string of the molecule is CCCCCCc1cc(-c2ccc(N(c3ccc(-n4c5ccccc5c5ccccc54)cc3)c3ccc(-n4c5ccccc5c5ccccc54)cc3)cc2)sc1-c1cc(CCCCCC)c(-c2sc(/C=C(\C#N)C(=O)O)c3c2OCCO3)s1. The highest BCUT2D eigenvalue weighted by Crippen LogP contribution is 2.55. The third kappa shape index (κ3) is 10.3. The summed E-state index contributed by atoms with van der Waals surface area (Å²) in [6.45, 7) is 5.25. The van der Waals surface area contributed by atoms with Crippen LogP contribution in [0, 0.1) is 11.3 Å². The zero-order valence-corrected chi connectivity index (χ0v) is 49.0. The fourth-order valence-electron chi connectivity index (χ4n) is 12.0. The monoisotopic (exact) mass is 1140 g/mol. The zero-order valence-electron chi connectivity index (χ0n) is 46.6. The molecule has 8 nitrogen and oxygen atoms in total. The Labute approximate surface area is 496 Å². The third-order valence-corrected chi connectivity index (χ3v) is 19.8. The van der Waals surface area contributed by atoms with Gasteiger partial charge in [0.25, 0.3) is 0 Å². The molecule has 0 saturated heterocycles. The van der Waals surface area contributed by atoms with Gasteiger partial charge in [-0.1, -0.05) is 137 Å². The molecule has 13 rings (SSSR count). The summed E-state index contributed by atoms with van der Waals surface area (Å²) < 4.78 is 17.3. The first-order valence-electron chi connectivity index (χ1n) is 29.0. The third-order valence-electron chi connectivity index (χ3n) is 16.0. The normalized spacial score (nSPS) is 12.5. The number of para-hydroxylation sites is 4. The minimum atomic E-state index is -1.27. The molecule has 0 unspecified atom stereocenters. The summed E-state index contributed by atoms with van der Waals surface area (Å²) in [5.74, 6) is -0.113. The summed E-state index contributed by atoms with van der Waals surface area (Å²) in [4.78, 5) is 20.8. The molecule has 12 aromatic rings. The topological polar surface area (TPSA) is 92.7 Å². The first-order valence-corrected chi connectivity index (χ1v) is 31.5. The van der Waals surface area contributed by atoms with E-state index in [9.17, 15) is 15.2 Å². The molecular formula is C72H62N4O4S3. The first-order chi connectivity index (χ1) is 40.9. The van der Waals surface area contributed by atoms with Crippen LogP contribution >= 0.6 is 34.0 Å². The van der Waals surface area contributed by atoms with Gasteiger partial charge in [0, 0.05) is 64.6 Å². The minimum absolute atomic E-state index is 0.337. The van der Waals surface area contributed by atoms with Gasteiger partial charge < -0.3 is 28.6 Å². The maximum absolute atomic E-state index is 12.0. The Morgan fingerprint density at radius 2 is 0.964 bits per heavy atom. The van der Waals surface area contributed by atoms with E-state index in [0.717, 1.165) is 76.7 Å². The largest absolute Gasteiger partial charge is 0.485 e. The van der Waals surface area contributed by atoms with Gasteiger partial charge in [-0.05, 0) is 146 Å². The number of fused-ring (bicyclic) bond motifs is 7. The zero-order chi connectivity index (χ0) is 56.4. The van der Waals surface area contributed by atoms with Crippen LogP contribution in [0.3, 0.4) is 0 Å². The summed E-state index contributed by atoms with van der Waals surface area (Å²) in [5, 5.41) is 24.5. The minimum Gasteiger partial charge on any atom is -0.485 e. The van der Waals surface area contributed by atoms with E-state index < -0.39 is 5.97 Å². The number of nitrogens with zero attached hydrogens (tertiary/aromatic N) is 4. The summed E-state index contributed by atoms with van der Waals surface area (Å²) in [5.41, 5.74) is 13.5. The van der Waals surface area contributed by atoms with Crippen molar-refractivity contribution in [1.29, 1.82) is 5.26 Å². The summed E-state index contributed by atoms with van der Waals surface area (Å²) in [7, 11) is 0. The van der Waals surface area contributed by atoms with Gasteiger partial charge in [0.15, 0.2) is 11.5 Å². The highest BCUT2D eigenvalue weighted by molar-refractivity contribution is 7.28. The number of nitriles is 1. The number of carbonyl (C=O) groups is 1. The molecule has 7 aromatic carbocycles. The van der Waals surface area contributed by atoms with Crippen LogP contribution in [0.4, 0.5) is 17.1 Å². The second-order valence-corrected chi connectivity index (χ2v) is 24.5. The number of aryl methyl sites for hydroxylation is 2. The molecule has 0 saturated carbocycles. The molecule has 0 aliphatic carbocycles. The van der Waals surface area contributed by atoms with E-state index in [2.05, 4.69) is 210 Å². The Morgan fingerprint density at radius 1 is 0.530 bits per heavy atom. The molecule has 0 amide bonds. The highest BCUT2D eigenvalue weighted by Gasteiger charge is 2.29. The van der Waals surface area contributed by atoms with Crippen molar-refractivity contribution in [2.45, 2.75) is 78.1 Å². The van der Waals surface area contributed by atoms with Gasteiger partial charge in [-0.15, -0.1) is 34.0 Å². The number of hydrogen-bond acceptors (Lipinski definition) is 8. The second-order valence-electron chi connectivity index (χ2n) is 21.3. The molecule has 11 heteroatoms. The van der Waals surface area contributed by atoms with Gasteiger partial charge in [-0.3, -0.25) is 0 Å². The van der Waals surface area contributed by atoms with E-state index >= 15 is 0 Å². The summed E-state index contributed by atoms with van der Waals surface area (Å²) >= 11 is 5.11. The second kappa shape index (κ2) is 23.7. The Morgan fingerprint density at radius 3 is 1.43 bits per heavy atom. The number of benzene rings is 7. The van der Waals surface area contributed by atoms with Crippen LogP contribution in [0.1, 0.15) is 81.2 Å². The van der Waals surface area contributed by atoms with Crippen molar-refractivity contribution in [3.05, 3.63) is 204 Å². The van der Waals surface area contributed by atoms with Crippen molar-refractivity contribution in [2.75, 3.05) is 18.1 Å². The predicted octanol–water partition coefficient (Wildman–Crippen LogP) is 20.5. The Bertz CT molecular complexity index is 4150. The van der Waals surface area contributed by atoms with E-state index in [1.807, 2.05) is 17.4 Å². The smallest absolute Gasteiger partial charge is 0.346 e. The highest BCUT2D eigenvalue weighted by atomic mass is 32.1. The first kappa shape index (κ1) is 53.6. The lowest BCUT2D eigenvalue weighted by atomic mass is 10.0. The van der Waals surface area contributed by atoms with Crippen LogP contribution in [-0.4, -0.2) is 33.4 Å².